The highest BCUT2D eigenvalue weighted by molar-refractivity contribution is 8.00. The molecule has 1 saturated heterocycles. The molecule has 0 aromatic carbocycles. The summed E-state index contributed by atoms with van der Waals surface area (Å²) >= 11 is 1.91. The topological polar surface area (TPSA) is 20.2 Å². The van der Waals surface area contributed by atoms with Gasteiger partial charge in [0.25, 0.3) is 0 Å². The molecule has 1 heterocycles. The second-order valence-electron chi connectivity index (χ2n) is 3.43. The zero-order valence-corrected chi connectivity index (χ0v) is 8.57. The van der Waals surface area contributed by atoms with Crippen molar-refractivity contribution in [1.82, 2.24) is 0 Å². The van der Waals surface area contributed by atoms with E-state index in [1.165, 1.54) is 24.2 Å². The van der Waals surface area contributed by atoms with Gasteiger partial charge in [-0.15, -0.1) is 0 Å². The molecule has 1 fully saturated rings. The molecule has 2 unspecified atom stereocenters. The monoisotopic (exact) mass is 186 g/mol. The third-order valence-electron chi connectivity index (χ3n) is 2.39. The van der Waals surface area contributed by atoms with Crippen molar-refractivity contribution in [2.24, 2.45) is 0 Å². The minimum atomic E-state index is -0.148. The highest BCUT2D eigenvalue weighted by Gasteiger charge is 2.23. The molecule has 0 aromatic rings. The Morgan fingerprint density at radius 3 is 3.00 bits per heavy atom. The lowest BCUT2D eigenvalue weighted by Gasteiger charge is -2.17. The maximum atomic E-state index is 9.77. The molecule has 0 bridgehead atoms. The fraction of sp³-hybridized carbons (Fsp3) is 0.800. The van der Waals surface area contributed by atoms with Crippen LogP contribution >= 0.6 is 11.8 Å². The summed E-state index contributed by atoms with van der Waals surface area (Å²) in [5.41, 5.74) is 1.18. The van der Waals surface area contributed by atoms with Gasteiger partial charge in [0.05, 0.1) is 6.10 Å². The van der Waals surface area contributed by atoms with Gasteiger partial charge in [-0.1, -0.05) is 19.1 Å². The molecule has 12 heavy (non-hydrogen) atoms. The van der Waals surface area contributed by atoms with Crippen LogP contribution in [0.5, 0.6) is 0 Å². The number of aliphatic hydroxyl groups excluding tert-OH is 1. The van der Waals surface area contributed by atoms with Crippen LogP contribution in [0.4, 0.5) is 0 Å². The van der Waals surface area contributed by atoms with Crippen LogP contribution in [0.3, 0.4) is 0 Å². The number of aliphatic hydroxyl groups is 1. The summed E-state index contributed by atoms with van der Waals surface area (Å²) < 4.78 is 0. The van der Waals surface area contributed by atoms with Gasteiger partial charge in [0.2, 0.25) is 0 Å². The van der Waals surface area contributed by atoms with Crippen molar-refractivity contribution >= 4 is 11.8 Å². The maximum Gasteiger partial charge on any atom is 0.0695 e. The predicted octanol–water partition coefficient (Wildman–Crippen LogP) is 2.60. The molecular weight excluding hydrogens is 168 g/mol. The van der Waals surface area contributed by atoms with Gasteiger partial charge in [-0.2, -0.15) is 11.8 Å². The molecule has 1 nitrogen and oxygen atoms in total. The van der Waals surface area contributed by atoms with Crippen LogP contribution in [-0.4, -0.2) is 22.2 Å². The van der Waals surface area contributed by atoms with E-state index >= 15 is 0 Å². The van der Waals surface area contributed by atoms with Gasteiger partial charge in [-0.25, -0.2) is 0 Å². The summed E-state index contributed by atoms with van der Waals surface area (Å²) in [6, 6.07) is 0. The molecule has 0 saturated carbocycles. The van der Waals surface area contributed by atoms with Crippen LogP contribution in [0.15, 0.2) is 12.2 Å². The number of hydrogen-bond acceptors (Lipinski definition) is 2. The van der Waals surface area contributed by atoms with E-state index in [1.54, 1.807) is 0 Å². The van der Waals surface area contributed by atoms with Crippen LogP contribution in [0.2, 0.25) is 0 Å². The average molecular weight is 186 g/mol. The van der Waals surface area contributed by atoms with Gasteiger partial charge in [0.1, 0.15) is 0 Å². The van der Waals surface area contributed by atoms with Crippen molar-refractivity contribution in [1.29, 1.82) is 0 Å². The first-order valence-corrected chi connectivity index (χ1v) is 5.75. The molecule has 1 aliphatic rings. The first-order chi connectivity index (χ1) is 5.74. The van der Waals surface area contributed by atoms with E-state index in [0.29, 0.717) is 5.25 Å². The van der Waals surface area contributed by atoms with E-state index in [2.05, 4.69) is 13.5 Å². The lowest BCUT2D eigenvalue weighted by atomic mass is 10.0. The Morgan fingerprint density at radius 2 is 2.50 bits per heavy atom. The highest BCUT2D eigenvalue weighted by atomic mass is 32.2. The van der Waals surface area contributed by atoms with E-state index in [0.717, 1.165) is 12.8 Å². The molecule has 0 aliphatic carbocycles. The van der Waals surface area contributed by atoms with Gasteiger partial charge >= 0.3 is 0 Å². The largest absolute Gasteiger partial charge is 0.392 e. The molecule has 2 heteroatoms. The minimum absolute atomic E-state index is 0.148. The quantitative estimate of drug-likeness (QED) is 0.681. The van der Waals surface area contributed by atoms with E-state index in [9.17, 15) is 5.11 Å². The second kappa shape index (κ2) is 4.93. The van der Waals surface area contributed by atoms with Crippen molar-refractivity contribution in [3.63, 3.8) is 0 Å². The van der Waals surface area contributed by atoms with E-state index in [4.69, 9.17) is 0 Å². The highest BCUT2D eigenvalue weighted by Crippen LogP contribution is 2.30. The first kappa shape index (κ1) is 10.1. The zero-order chi connectivity index (χ0) is 8.97. The Labute approximate surface area is 79.2 Å². The average Bonchev–Trinajstić information content (AvgIpc) is 2.56. The van der Waals surface area contributed by atoms with E-state index < -0.39 is 0 Å². The van der Waals surface area contributed by atoms with E-state index in [-0.39, 0.29) is 6.10 Å². The summed E-state index contributed by atoms with van der Waals surface area (Å²) in [6.45, 7) is 6.01. The fourth-order valence-electron chi connectivity index (χ4n) is 1.48. The molecule has 0 aromatic heterocycles. The molecule has 0 spiro atoms. The summed E-state index contributed by atoms with van der Waals surface area (Å²) in [5.74, 6) is 1.22. The van der Waals surface area contributed by atoms with Crippen molar-refractivity contribution in [2.45, 2.75) is 44.0 Å². The third kappa shape index (κ3) is 2.83. The van der Waals surface area contributed by atoms with Gasteiger partial charge < -0.3 is 5.11 Å². The number of hydrogen-bond donors (Lipinski definition) is 1. The van der Waals surface area contributed by atoms with Crippen molar-refractivity contribution in [3.8, 4) is 0 Å². The molecule has 0 radical (unpaired) electrons. The molecule has 1 N–H and O–H groups in total. The summed E-state index contributed by atoms with van der Waals surface area (Å²) in [5, 5.41) is 10.2. The molecule has 70 valence electrons. The first-order valence-electron chi connectivity index (χ1n) is 4.70. The lowest BCUT2D eigenvalue weighted by molar-refractivity contribution is 0.169. The Morgan fingerprint density at radius 1 is 1.75 bits per heavy atom. The number of thioether (sulfide) groups is 1. The Balaban J connectivity index is 2.26. The van der Waals surface area contributed by atoms with Gasteiger partial charge in [0, 0.05) is 5.25 Å². The Kier molecular flexibility index (Phi) is 4.16. The zero-order valence-electron chi connectivity index (χ0n) is 7.75. The molecule has 2 atom stereocenters. The van der Waals surface area contributed by atoms with Crippen molar-refractivity contribution in [3.05, 3.63) is 12.2 Å². The van der Waals surface area contributed by atoms with Crippen molar-refractivity contribution in [2.75, 3.05) is 5.75 Å². The van der Waals surface area contributed by atoms with Gasteiger partial charge in [-0.3, -0.25) is 0 Å². The second-order valence-corrected chi connectivity index (χ2v) is 4.77. The van der Waals surface area contributed by atoms with Crippen LogP contribution in [0.25, 0.3) is 0 Å². The van der Waals surface area contributed by atoms with E-state index in [1.807, 2.05) is 11.8 Å². The summed E-state index contributed by atoms with van der Waals surface area (Å²) in [4.78, 5) is 0. The van der Waals surface area contributed by atoms with Crippen molar-refractivity contribution < 1.29 is 5.11 Å². The minimum Gasteiger partial charge on any atom is -0.392 e. The molecule has 1 rings (SSSR count). The lowest BCUT2D eigenvalue weighted by Crippen LogP contribution is -2.20. The summed E-state index contributed by atoms with van der Waals surface area (Å²) in [7, 11) is 0. The predicted molar refractivity (Wildman–Crippen MR) is 55.5 cm³/mol. The molecule has 0 amide bonds. The Bertz CT molecular complexity index is 150. The SMILES string of the molecule is C=C(CC)CC(O)C1CCCS1. The maximum absolute atomic E-state index is 9.77. The molecular formula is C10H18OS. The number of rotatable bonds is 4. The normalized spacial score (nSPS) is 25.7. The summed E-state index contributed by atoms with van der Waals surface area (Å²) in [6.07, 6.45) is 4.10. The third-order valence-corrected chi connectivity index (χ3v) is 3.89. The van der Waals surface area contributed by atoms with Gasteiger partial charge in [-0.05, 0) is 31.4 Å². The smallest absolute Gasteiger partial charge is 0.0695 e. The van der Waals surface area contributed by atoms with Crippen LogP contribution in [0.1, 0.15) is 32.6 Å². The van der Waals surface area contributed by atoms with Gasteiger partial charge in [0.15, 0.2) is 0 Å². The fourth-order valence-corrected chi connectivity index (χ4v) is 2.77. The van der Waals surface area contributed by atoms with Crippen LogP contribution < -0.4 is 0 Å². The Hall–Kier alpha value is 0.0500. The van der Waals surface area contributed by atoms with Crippen LogP contribution in [0, 0.1) is 0 Å². The van der Waals surface area contributed by atoms with Crippen LogP contribution in [-0.2, 0) is 0 Å². The standard InChI is InChI=1S/C10H18OS/c1-3-8(2)7-9(11)10-5-4-6-12-10/h9-11H,2-7H2,1H3. The molecule has 1 aliphatic heterocycles.